The lowest BCUT2D eigenvalue weighted by Gasteiger charge is -2.08. The van der Waals surface area contributed by atoms with E-state index in [1.807, 2.05) is 0 Å². The van der Waals surface area contributed by atoms with Gasteiger partial charge in [0.2, 0.25) is 0 Å². The van der Waals surface area contributed by atoms with Crippen molar-refractivity contribution in [3.8, 4) is 0 Å². The summed E-state index contributed by atoms with van der Waals surface area (Å²) < 4.78 is 1.64. The molecule has 3 N–H and O–H groups in total. The zero-order chi connectivity index (χ0) is 13.7. The van der Waals surface area contributed by atoms with Gasteiger partial charge in [0.15, 0.2) is 0 Å². The predicted molar refractivity (Wildman–Crippen MR) is 72.8 cm³/mol. The number of nitrogens with zero attached hydrogens (tertiary/aromatic N) is 3. The second-order valence-corrected chi connectivity index (χ2v) is 4.70. The minimum atomic E-state index is -0.108. The maximum absolute atomic E-state index is 12.0. The number of carbonyl (C=O) groups is 1. The number of nitrogens with two attached hydrogens (primary N) is 1. The van der Waals surface area contributed by atoms with E-state index in [9.17, 15) is 4.79 Å². The second kappa shape index (κ2) is 6.29. The van der Waals surface area contributed by atoms with Crippen LogP contribution >= 0.6 is 0 Å². The van der Waals surface area contributed by atoms with Gasteiger partial charge in [0, 0.05) is 18.9 Å². The average Bonchev–Trinajstić information content (AvgIpc) is 2.87. The van der Waals surface area contributed by atoms with Crippen LogP contribution in [-0.2, 0) is 0 Å². The molecule has 2 heterocycles. The lowest BCUT2D eigenvalue weighted by Crippen LogP contribution is -2.25. The van der Waals surface area contributed by atoms with E-state index >= 15 is 0 Å². The van der Waals surface area contributed by atoms with E-state index in [2.05, 4.69) is 22.3 Å². The van der Waals surface area contributed by atoms with Crippen LogP contribution in [0.15, 0.2) is 24.8 Å². The maximum Gasteiger partial charge on any atom is 0.255 e. The fourth-order valence-corrected chi connectivity index (χ4v) is 1.87. The highest BCUT2D eigenvalue weighted by Gasteiger charge is 2.11. The van der Waals surface area contributed by atoms with Crippen molar-refractivity contribution < 1.29 is 4.79 Å². The number of carbonyl (C=O) groups excluding carboxylic acids is 1. The fraction of sp³-hybridized carbons (Fsp3) is 0.462. The van der Waals surface area contributed by atoms with Crippen LogP contribution < -0.4 is 11.1 Å². The number of nitrogens with one attached hydrogen (secondary N) is 1. The lowest BCUT2D eigenvalue weighted by atomic mass is 10.1. The first-order valence-electron chi connectivity index (χ1n) is 6.48. The largest absolute Gasteiger partial charge is 0.352 e. The van der Waals surface area contributed by atoms with Crippen molar-refractivity contribution >= 4 is 11.4 Å². The summed E-state index contributed by atoms with van der Waals surface area (Å²) in [5.74, 6) is 0.390. The minimum Gasteiger partial charge on any atom is -0.352 e. The number of rotatable bonds is 6. The molecule has 102 valence electrons. The molecule has 0 bridgehead atoms. The summed E-state index contributed by atoms with van der Waals surface area (Å²) in [6, 6.07) is 0. The Balaban J connectivity index is 1.90. The van der Waals surface area contributed by atoms with Crippen LogP contribution in [0.3, 0.4) is 0 Å². The number of amides is 1. The van der Waals surface area contributed by atoms with Gasteiger partial charge in [-0.05, 0) is 25.3 Å². The molecule has 0 radical (unpaired) electrons. The first-order chi connectivity index (χ1) is 9.22. The molecule has 0 spiro atoms. The van der Waals surface area contributed by atoms with Gasteiger partial charge in [-0.2, -0.15) is 5.10 Å². The van der Waals surface area contributed by atoms with Crippen molar-refractivity contribution in [2.75, 3.05) is 13.1 Å². The molecule has 2 aromatic heterocycles. The van der Waals surface area contributed by atoms with Gasteiger partial charge < -0.3 is 11.1 Å². The van der Waals surface area contributed by atoms with Crippen molar-refractivity contribution in [2.45, 2.75) is 19.8 Å². The Morgan fingerprint density at radius 1 is 1.53 bits per heavy atom. The van der Waals surface area contributed by atoms with E-state index in [4.69, 9.17) is 5.73 Å². The monoisotopic (exact) mass is 261 g/mol. The van der Waals surface area contributed by atoms with Crippen LogP contribution in [0.1, 0.15) is 30.1 Å². The summed E-state index contributed by atoms with van der Waals surface area (Å²) in [7, 11) is 0. The smallest absolute Gasteiger partial charge is 0.255 e. The van der Waals surface area contributed by atoms with E-state index in [0.29, 0.717) is 24.6 Å². The van der Waals surface area contributed by atoms with E-state index in [0.717, 1.165) is 18.4 Å². The molecule has 2 rings (SSSR count). The Labute approximate surface area is 112 Å². The molecule has 0 aliphatic carbocycles. The van der Waals surface area contributed by atoms with E-state index < -0.39 is 0 Å². The molecule has 2 aromatic rings. The van der Waals surface area contributed by atoms with Crippen LogP contribution in [-0.4, -0.2) is 33.6 Å². The lowest BCUT2D eigenvalue weighted by molar-refractivity contribution is 0.0954. The Kier molecular flexibility index (Phi) is 4.46. The third kappa shape index (κ3) is 3.29. The molecule has 19 heavy (non-hydrogen) atoms. The average molecular weight is 261 g/mol. The van der Waals surface area contributed by atoms with Gasteiger partial charge >= 0.3 is 0 Å². The van der Waals surface area contributed by atoms with Gasteiger partial charge in [0.05, 0.1) is 23.5 Å². The number of fused-ring (bicyclic) bond motifs is 1. The molecule has 0 aliphatic rings. The maximum atomic E-state index is 12.0. The van der Waals surface area contributed by atoms with Gasteiger partial charge in [-0.15, -0.1) is 0 Å². The zero-order valence-corrected chi connectivity index (χ0v) is 11.0. The summed E-state index contributed by atoms with van der Waals surface area (Å²) in [5, 5.41) is 7.00. The SMILES string of the molecule is CC(CN)CCCNC(=O)c1cnn2ccncc12. The van der Waals surface area contributed by atoms with Crippen LogP contribution in [0.25, 0.3) is 5.52 Å². The summed E-state index contributed by atoms with van der Waals surface area (Å²) in [4.78, 5) is 16.0. The van der Waals surface area contributed by atoms with Crippen molar-refractivity contribution in [2.24, 2.45) is 11.7 Å². The van der Waals surface area contributed by atoms with E-state index in [1.165, 1.54) is 0 Å². The van der Waals surface area contributed by atoms with Gasteiger partial charge in [0.1, 0.15) is 0 Å². The van der Waals surface area contributed by atoms with Crippen LogP contribution in [0.5, 0.6) is 0 Å². The van der Waals surface area contributed by atoms with Gasteiger partial charge in [0.25, 0.3) is 5.91 Å². The Morgan fingerprint density at radius 3 is 3.16 bits per heavy atom. The standard InChI is InChI=1S/C13H19N5O/c1-10(7-14)3-2-4-16-13(19)11-8-17-18-6-5-15-9-12(11)18/h5-6,8-10H,2-4,7,14H2,1H3,(H,16,19). The molecular weight excluding hydrogens is 242 g/mol. The Morgan fingerprint density at radius 2 is 2.37 bits per heavy atom. The third-order valence-corrected chi connectivity index (χ3v) is 3.13. The van der Waals surface area contributed by atoms with E-state index in [-0.39, 0.29) is 5.91 Å². The summed E-state index contributed by atoms with van der Waals surface area (Å²) >= 11 is 0. The molecule has 6 heteroatoms. The molecule has 0 fully saturated rings. The molecule has 0 saturated carbocycles. The summed E-state index contributed by atoms with van der Waals surface area (Å²) in [6.07, 6.45) is 8.51. The topological polar surface area (TPSA) is 85.3 Å². The van der Waals surface area contributed by atoms with Gasteiger partial charge in [-0.3, -0.25) is 9.78 Å². The number of hydrogen-bond acceptors (Lipinski definition) is 4. The Bertz CT molecular complexity index is 551. The summed E-state index contributed by atoms with van der Waals surface area (Å²) in [6.45, 7) is 3.45. The summed E-state index contributed by atoms with van der Waals surface area (Å²) in [5.41, 5.74) is 6.82. The fourth-order valence-electron chi connectivity index (χ4n) is 1.87. The number of aromatic nitrogens is 3. The highest BCUT2D eigenvalue weighted by atomic mass is 16.1. The third-order valence-electron chi connectivity index (χ3n) is 3.13. The predicted octanol–water partition coefficient (Wildman–Crippen LogP) is 0.834. The Hall–Kier alpha value is -1.95. The second-order valence-electron chi connectivity index (χ2n) is 4.70. The van der Waals surface area contributed by atoms with Crippen molar-refractivity contribution in [3.63, 3.8) is 0 Å². The number of hydrogen-bond donors (Lipinski definition) is 2. The molecule has 0 aromatic carbocycles. The molecule has 6 nitrogen and oxygen atoms in total. The minimum absolute atomic E-state index is 0.108. The first-order valence-corrected chi connectivity index (χ1v) is 6.48. The van der Waals surface area contributed by atoms with Crippen molar-refractivity contribution in [1.82, 2.24) is 19.9 Å². The van der Waals surface area contributed by atoms with Gasteiger partial charge in [-0.25, -0.2) is 4.52 Å². The van der Waals surface area contributed by atoms with E-state index in [1.54, 1.807) is 29.3 Å². The van der Waals surface area contributed by atoms with Crippen LogP contribution in [0.4, 0.5) is 0 Å². The highest BCUT2D eigenvalue weighted by Crippen LogP contribution is 2.08. The highest BCUT2D eigenvalue weighted by molar-refractivity contribution is 6.00. The van der Waals surface area contributed by atoms with Gasteiger partial charge in [-0.1, -0.05) is 6.92 Å². The quantitative estimate of drug-likeness (QED) is 0.754. The van der Waals surface area contributed by atoms with Crippen molar-refractivity contribution in [1.29, 1.82) is 0 Å². The molecule has 1 amide bonds. The molecular formula is C13H19N5O. The zero-order valence-electron chi connectivity index (χ0n) is 11.0. The molecule has 0 aliphatic heterocycles. The molecule has 1 atom stereocenters. The van der Waals surface area contributed by atoms with Crippen LogP contribution in [0.2, 0.25) is 0 Å². The van der Waals surface area contributed by atoms with Crippen LogP contribution in [0, 0.1) is 5.92 Å². The van der Waals surface area contributed by atoms with Crippen molar-refractivity contribution in [3.05, 3.63) is 30.4 Å². The first kappa shape index (κ1) is 13.5. The molecule has 0 saturated heterocycles. The normalized spacial score (nSPS) is 12.5. The molecule has 1 unspecified atom stereocenters.